The van der Waals surface area contributed by atoms with Crippen molar-refractivity contribution in [1.82, 2.24) is 4.98 Å². The van der Waals surface area contributed by atoms with Gasteiger partial charge in [-0.2, -0.15) is 23.3 Å². The van der Waals surface area contributed by atoms with Crippen LogP contribution in [0.2, 0.25) is 0 Å². The molecule has 0 saturated carbocycles. The van der Waals surface area contributed by atoms with Gasteiger partial charge in [0.05, 0.1) is 17.5 Å². The Hall–Kier alpha value is -4.73. The second-order valence-corrected chi connectivity index (χ2v) is 7.58. The van der Waals surface area contributed by atoms with E-state index < -0.39 is 35.8 Å². The highest BCUT2D eigenvalue weighted by Crippen LogP contribution is 2.31. The van der Waals surface area contributed by atoms with Crippen LogP contribution in [0.3, 0.4) is 0 Å². The quantitative estimate of drug-likeness (QED) is 0.238. The zero-order valence-electron chi connectivity index (χ0n) is 18.5. The molecule has 0 radical (unpaired) electrons. The van der Waals surface area contributed by atoms with Crippen LogP contribution in [-0.2, 0) is 15.7 Å². The van der Waals surface area contributed by atoms with E-state index in [0.29, 0.717) is 16.3 Å². The lowest BCUT2D eigenvalue weighted by molar-refractivity contribution is -0.137. The van der Waals surface area contributed by atoms with Crippen LogP contribution in [0.15, 0.2) is 94.8 Å². The third-order valence-corrected chi connectivity index (χ3v) is 5.08. The van der Waals surface area contributed by atoms with Gasteiger partial charge >= 0.3 is 12.1 Å². The van der Waals surface area contributed by atoms with Crippen molar-refractivity contribution >= 4 is 34.6 Å². The summed E-state index contributed by atoms with van der Waals surface area (Å²) in [5.41, 5.74) is -1.24. The van der Waals surface area contributed by atoms with Gasteiger partial charge in [0.15, 0.2) is 6.61 Å². The number of anilines is 1. The van der Waals surface area contributed by atoms with Crippen molar-refractivity contribution in [2.75, 3.05) is 11.6 Å². The molecule has 1 aromatic heterocycles. The molecule has 0 fully saturated rings. The van der Waals surface area contributed by atoms with Crippen LogP contribution < -0.4 is 10.6 Å². The highest BCUT2D eigenvalue weighted by molar-refractivity contribution is 5.98. The zero-order chi connectivity index (χ0) is 25.7. The number of hydrogen-bond donors (Lipinski definition) is 1. The molecule has 182 valence electrons. The molecule has 0 atom stereocenters. The highest BCUT2D eigenvalue weighted by atomic mass is 19.4. The van der Waals surface area contributed by atoms with Crippen LogP contribution in [0.5, 0.6) is 0 Å². The number of hydrogen-bond acceptors (Lipinski definition) is 5. The first-order valence-electron chi connectivity index (χ1n) is 10.6. The van der Waals surface area contributed by atoms with Gasteiger partial charge in [-0.3, -0.25) is 9.59 Å². The van der Waals surface area contributed by atoms with E-state index in [4.69, 9.17) is 4.74 Å². The Kier molecular flexibility index (Phi) is 6.95. The van der Waals surface area contributed by atoms with Crippen molar-refractivity contribution in [2.24, 2.45) is 5.10 Å². The topological polar surface area (TPSA) is 91.8 Å². The molecule has 0 bridgehead atoms. The maximum Gasteiger partial charge on any atom is 0.416 e. The van der Waals surface area contributed by atoms with Crippen LogP contribution >= 0.6 is 0 Å². The molecule has 3 aromatic carbocycles. The summed E-state index contributed by atoms with van der Waals surface area (Å²) in [5, 5.41) is 5.63. The molecule has 0 unspecified atom stereocenters. The second kappa shape index (κ2) is 10.3. The molecule has 0 spiro atoms. The molecule has 7 nitrogen and oxygen atoms in total. The molecular weight excluding hydrogens is 475 g/mol. The lowest BCUT2D eigenvalue weighted by Crippen LogP contribution is -2.31. The number of benzene rings is 3. The minimum Gasteiger partial charge on any atom is -0.451 e. The summed E-state index contributed by atoms with van der Waals surface area (Å²) in [6.07, 6.45) is -3.34. The Labute approximate surface area is 202 Å². The van der Waals surface area contributed by atoms with Crippen LogP contribution in [0, 0.1) is 0 Å². The minimum atomic E-state index is -4.64. The van der Waals surface area contributed by atoms with Gasteiger partial charge in [0.2, 0.25) is 0 Å². The van der Waals surface area contributed by atoms with Gasteiger partial charge in [0.1, 0.15) is 5.69 Å². The lowest BCUT2D eigenvalue weighted by Gasteiger charge is -2.18. The van der Waals surface area contributed by atoms with Gasteiger partial charge in [-0.05, 0) is 41.3 Å². The predicted octanol–water partition coefficient (Wildman–Crippen LogP) is 4.77. The third kappa shape index (κ3) is 5.66. The number of rotatable bonds is 6. The number of aromatic amines is 1. The highest BCUT2D eigenvalue weighted by Gasteiger charge is 2.31. The summed E-state index contributed by atoms with van der Waals surface area (Å²) in [7, 11) is 0. The summed E-state index contributed by atoms with van der Waals surface area (Å²) in [4.78, 5) is 40.1. The van der Waals surface area contributed by atoms with Crippen LogP contribution in [0.1, 0.15) is 21.6 Å². The number of amides is 1. The van der Waals surface area contributed by atoms with Crippen molar-refractivity contribution in [1.29, 1.82) is 0 Å². The van der Waals surface area contributed by atoms with E-state index in [1.54, 1.807) is 54.6 Å². The van der Waals surface area contributed by atoms with Crippen molar-refractivity contribution < 1.29 is 27.5 Å². The Balaban J connectivity index is 1.58. The summed E-state index contributed by atoms with van der Waals surface area (Å²) < 4.78 is 44.7. The monoisotopic (exact) mass is 493 g/mol. The van der Waals surface area contributed by atoms with Gasteiger partial charge < -0.3 is 9.72 Å². The number of aromatic nitrogens is 1. The van der Waals surface area contributed by atoms with E-state index in [0.717, 1.165) is 23.2 Å². The third-order valence-electron chi connectivity index (χ3n) is 5.08. The number of esters is 1. The minimum absolute atomic E-state index is 0.169. The molecule has 36 heavy (non-hydrogen) atoms. The molecule has 0 saturated heterocycles. The molecule has 0 aliphatic heterocycles. The fourth-order valence-corrected chi connectivity index (χ4v) is 3.34. The summed E-state index contributed by atoms with van der Waals surface area (Å²) in [5.74, 6) is -1.89. The maximum atomic E-state index is 13.2. The first-order valence-corrected chi connectivity index (χ1v) is 10.6. The van der Waals surface area contributed by atoms with Crippen molar-refractivity contribution in [3.63, 3.8) is 0 Å². The number of nitrogens with one attached hydrogen (secondary N) is 1. The fraction of sp³-hybridized carbons (Fsp3) is 0.0769. The molecule has 4 rings (SSSR count). The molecule has 1 heterocycles. The molecule has 4 aromatic rings. The maximum absolute atomic E-state index is 13.2. The normalized spacial score (nSPS) is 11.5. The van der Waals surface area contributed by atoms with Gasteiger partial charge in [-0.1, -0.05) is 54.6 Å². The zero-order valence-corrected chi connectivity index (χ0v) is 18.5. The number of H-pyrrole nitrogens is 1. The van der Waals surface area contributed by atoms with Crippen LogP contribution in [-0.4, -0.2) is 29.7 Å². The Morgan fingerprint density at radius 2 is 1.67 bits per heavy atom. The first-order chi connectivity index (χ1) is 17.2. The first kappa shape index (κ1) is 24.4. The number of nitrogens with zero attached hydrogens (tertiary/aromatic N) is 2. The number of ether oxygens (including phenoxy) is 1. The van der Waals surface area contributed by atoms with Crippen molar-refractivity contribution in [3.8, 4) is 0 Å². The fourth-order valence-electron chi connectivity index (χ4n) is 3.34. The van der Waals surface area contributed by atoms with E-state index in [1.807, 2.05) is 0 Å². The van der Waals surface area contributed by atoms with Gasteiger partial charge in [-0.15, -0.1) is 0 Å². The standard InChI is InChI=1S/C26H18F3N3O4/c27-26(28,29)19-10-6-11-20(14-19)32(30-15-17-7-2-1-3-8-17)23(33)16-36-25(35)22-13-18-9-4-5-12-21(18)24(34)31-22/h1-15H,16H2,(H,31,34)/b30-15+. The van der Waals surface area contributed by atoms with Crippen LogP contribution in [0.4, 0.5) is 18.9 Å². The van der Waals surface area contributed by atoms with E-state index in [1.165, 1.54) is 18.3 Å². The van der Waals surface area contributed by atoms with E-state index >= 15 is 0 Å². The second-order valence-electron chi connectivity index (χ2n) is 7.58. The number of alkyl halides is 3. The van der Waals surface area contributed by atoms with E-state index in [-0.39, 0.29) is 11.4 Å². The average molecular weight is 493 g/mol. The van der Waals surface area contributed by atoms with Gasteiger partial charge in [0, 0.05) is 5.39 Å². The molecule has 10 heteroatoms. The SMILES string of the molecule is O=C(OCC(=O)N(/N=C/c1ccccc1)c1cccc(C(F)(F)F)c1)c1cc2ccccc2c(=O)[nH]1. The van der Waals surface area contributed by atoms with Crippen molar-refractivity contribution in [3.05, 3.63) is 112 Å². The van der Waals surface area contributed by atoms with Gasteiger partial charge in [0.25, 0.3) is 11.5 Å². The summed E-state index contributed by atoms with van der Waals surface area (Å²) >= 11 is 0. The van der Waals surface area contributed by atoms with E-state index in [9.17, 15) is 27.6 Å². The molecule has 1 N–H and O–H groups in total. The Bertz CT molecular complexity index is 1500. The smallest absolute Gasteiger partial charge is 0.416 e. The number of carbonyl (C=O) groups excluding carboxylic acids is 2. The van der Waals surface area contributed by atoms with E-state index in [2.05, 4.69) is 10.1 Å². The number of fused-ring (bicyclic) bond motifs is 1. The Morgan fingerprint density at radius 3 is 2.42 bits per heavy atom. The largest absolute Gasteiger partial charge is 0.451 e. The van der Waals surface area contributed by atoms with Crippen LogP contribution in [0.25, 0.3) is 10.8 Å². The molecule has 0 aliphatic carbocycles. The Morgan fingerprint density at radius 1 is 0.944 bits per heavy atom. The number of carbonyl (C=O) groups is 2. The summed E-state index contributed by atoms with van der Waals surface area (Å²) in [6, 6.07) is 20.6. The molecule has 1 amide bonds. The summed E-state index contributed by atoms with van der Waals surface area (Å²) in [6.45, 7) is -0.837. The number of halogens is 3. The van der Waals surface area contributed by atoms with Gasteiger partial charge in [-0.25, -0.2) is 4.79 Å². The number of pyridine rings is 1. The molecule has 0 aliphatic rings. The lowest BCUT2D eigenvalue weighted by atomic mass is 10.1. The molecular formula is C26H18F3N3O4. The number of hydrazone groups is 1. The van der Waals surface area contributed by atoms with Crippen molar-refractivity contribution in [2.45, 2.75) is 6.18 Å². The average Bonchev–Trinajstić information content (AvgIpc) is 2.87. The predicted molar refractivity (Wildman–Crippen MR) is 128 cm³/mol.